The van der Waals surface area contributed by atoms with Gasteiger partial charge in [-0.2, -0.15) is 0 Å². The van der Waals surface area contributed by atoms with Gasteiger partial charge in [0.1, 0.15) is 6.54 Å². The first-order chi connectivity index (χ1) is 66.1. The van der Waals surface area contributed by atoms with E-state index in [-0.39, 0.29) is 144 Å². The van der Waals surface area contributed by atoms with Gasteiger partial charge >= 0.3 is 20.1 Å². The fraction of sp³-hybridized carbons (Fsp3) is 0.438. The van der Waals surface area contributed by atoms with E-state index in [4.69, 9.17) is 49.7 Å². The molecule has 0 aliphatic rings. The highest BCUT2D eigenvalue weighted by Crippen LogP contribution is 2.16. The molecule has 25 N–H and O–H groups in total. The number of carbonyl (C=O) groups is 22. The van der Waals surface area contributed by atoms with Gasteiger partial charge in [-0.25, -0.2) is 0 Å². The van der Waals surface area contributed by atoms with Gasteiger partial charge in [0.25, 0.3) is 0 Å². The van der Waals surface area contributed by atoms with Crippen molar-refractivity contribution in [1.29, 1.82) is 0 Å². The molecule has 0 aromatic heterocycles. The number of carbonyl (C=O) groups excluding carboxylic acids is 21. The van der Waals surface area contributed by atoms with Crippen LogP contribution in [0.4, 0.5) is 0 Å². The average molecular weight is 2070 g/mol. The van der Waals surface area contributed by atoms with Crippen LogP contribution in [0.1, 0.15) is 139 Å². The molecule has 4 aromatic rings. The Bertz CT molecular complexity index is 4500. The Morgan fingerprint density at radius 1 is 0.300 bits per heavy atom. The molecule has 0 spiro atoms. The zero-order valence-corrected chi connectivity index (χ0v) is 83.8. The number of hydrogen-bond donors (Lipinski definition) is 21. The van der Waals surface area contributed by atoms with Crippen LogP contribution in [-0.4, -0.2) is 296 Å². The van der Waals surface area contributed by atoms with Crippen molar-refractivity contribution in [2.24, 2.45) is 22.9 Å². The van der Waals surface area contributed by atoms with Crippen molar-refractivity contribution in [3.8, 4) is 0 Å². The van der Waals surface area contributed by atoms with E-state index in [1.165, 1.54) is 0 Å². The first-order valence-electron chi connectivity index (χ1n) is 43.6. The minimum Gasteiger partial charge on any atom is -0.480 e. The van der Waals surface area contributed by atoms with Crippen molar-refractivity contribution < 1.29 is 121 Å². The van der Waals surface area contributed by atoms with Crippen LogP contribution in [0.2, 0.25) is 13.6 Å². The molecule has 0 heterocycles. The molecular formula is C89H132B2Cl2N18O25S4. The number of benzene rings is 4. The standard InChI is InChI=1S/C24H31N3O6S.C20H29BN4O6S.C19H26N4O5S.C15H17N3O6S.C4H13BN2O.C4H5ClO.C3H10N2.ClH/c1-17(2)20(29)12-8-4-7-11-19(28)13-25-21(30)14-26-22(31)15-27-23(32)16-34-24(33)18-9-5-3-6-10-18;1-21(31)25-10-6-5-9-16(26)11-22-17(27)12-23-18(28)13-24-19(29)14-32-20(30)15-7-3-2-4-8-15;20-9-5-4-8-15(24)10-21-16(25)11-22-17(26)12-23-18(27)13-29-19(28)14-6-2-1-3-7-14;19-11(16-6-12(20)18-8-14(22)23)7-17-13(21)9-25-15(24)10-4-2-1-3-5-10;1-5(8)7-4-2-3-6;1-3(2)4(5)6;4-2-1-3-5;/h3,5-6,9-10H,1,4,7-8,11-16H2,2H3,(H,25,30)(H,26,31)(H,27,32);2-4,7-8,25,31H,5-6,9-14H2,1H3,(H,22,27)(H,23,28)(H,24,29);1-3,6-7H,4-5,8-13,20H2,(H,21,25)(H,22,26)(H,23,27);1-5H,6-9H2,(H,16,19)(H,17,21)(H,18,20)(H,22,23);7-8H,2-4,6H2,1H3;1H2,2H3;1-5H2;1H. The molecule has 0 radical (unpaired) electrons. The second kappa shape index (κ2) is 88.7. The number of aliphatic carboxylic acids is 1. The number of nitrogens with two attached hydrogens (primary N) is 4. The molecule has 0 saturated heterocycles. The van der Waals surface area contributed by atoms with Crippen LogP contribution >= 0.6 is 71.1 Å². The SMILES string of the molecule is C=C(C)C(=O)CCCCCC(=O)CNC(=O)CNC(=O)CNC(=O)CSC(=O)c1ccccc1.C=C(C)C(=O)Cl.CB(O)NCCCCC(=O)CNC(=O)CNC(=O)CNC(=O)CSC(=O)c1ccccc1.CB(O)NCCCN.Cl.NCCCCC(=O)CNC(=O)CNC(=O)CNC(=O)CSC(=O)c1ccccc1.NCCCN.O=C(O)CNC(=O)CNC(=O)CNC(=O)CSC(=O)c1ccccc1. The van der Waals surface area contributed by atoms with Crippen LogP contribution in [0, 0.1) is 0 Å². The fourth-order valence-corrected chi connectivity index (χ4v) is 11.7. The lowest BCUT2D eigenvalue weighted by molar-refractivity contribution is -0.138. The van der Waals surface area contributed by atoms with E-state index < -0.39 is 109 Å². The topological polar surface area (TPSA) is 709 Å². The van der Waals surface area contributed by atoms with Crippen LogP contribution < -0.4 is 97.2 Å². The third-order valence-corrected chi connectivity index (χ3v) is 20.4. The van der Waals surface area contributed by atoms with E-state index >= 15 is 0 Å². The van der Waals surface area contributed by atoms with Crippen LogP contribution in [-0.2, 0) is 86.3 Å². The molecule has 0 aliphatic carbocycles. The summed E-state index contributed by atoms with van der Waals surface area (Å²) in [5.74, 6) is -8.49. The second-order valence-electron chi connectivity index (χ2n) is 29.0. The van der Waals surface area contributed by atoms with E-state index in [2.05, 4.69) is 87.4 Å². The van der Waals surface area contributed by atoms with Crippen molar-refractivity contribution in [3.05, 3.63) is 168 Å². The van der Waals surface area contributed by atoms with Crippen molar-refractivity contribution in [2.45, 2.75) is 111 Å². The van der Waals surface area contributed by atoms with Gasteiger partial charge in [0.2, 0.25) is 96.6 Å². The Kier molecular flexibility index (Phi) is 85.2. The van der Waals surface area contributed by atoms with Gasteiger partial charge in [0, 0.05) is 53.5 Å². The summed E-state index contributed by atoms with van der Waals surface area (Å²) in [7, 11) is -0.988. The van der Waals surface area contributed by atoms with Gasteiger partial charge in [-0.15, -0.1) is 12.4 Å². The largest absolute Gasteiger partial charge is 0.480 e. The maximum Gasteiger partial charge on any atom is 0.373 e. The first-order valence-corrected chi connectivity index (χ1v) is 47.9. The number of hydrogen-bond acceptors (Lipinski definition) is 34. The Balaban J connectivity index is -0.000000827. The van der Waals surface area contributed by atoms with Crippen molar-refractivity contribution in [2.75, 3.05) is 141 Å². The molecule has 4 aromatic carbocycles. The molecule has 0 fully saturated rings. The number of unbranched alkanes of at least 4 members (excludes halogenated alkanes) is 4. The number of nitrogens with one attached hydrogen (secondary N) is 14. The van der Waals surface area contributed by atoms with Gasteiger partial charge in [0.15, 0.2) is 23.1 Å². The summed E-state index contributed by atoms with van der Waals surface area (Å²) in [6, 6.07) is 34.1. The van der Waals surface area contributed by atoms with E-state index in [9.17, 15) is 105 Å². The number of ketones is 4. The zero-order chi connectivity index (χ0) is 105. The first kappa shape index (κ1) is 135. The van der Waals surface area contributed by atoms with E-state index in [0.717, 1.165) is 98.8 Å². The van der Waals surface area contributed by atoms with Gasteiger partial charge in [-0.3, -0.25) is 105 Å². The van der Waals surface area contributed by atoms with E-state index in [1.807, 2.05) is 0 Å². The number of carboxylic acid groups (broad SMARTS) is 1. The highest BCUT2D eigenvalue weighted by Gasteiger charge is 2.19. The van der Waals surface area contributed by atoms with Crippen LogP contribution in [0.25, 0.3) is 0 Å². The molecule has 12 amide bonds. The Morgan fingerprint density at radius 2 is 0.514 bits per heavy atom. The summed E-state index contributed by atoms with van der Waals surface area (Å²) in [5, 5.41) is 58.3. The molecule has 0 aliphatic heterocycles. The summed E-state index contributed by atoms with van der Waals surface area (Å²) in [5.41, 5.74) is 23.5. The van der Waals surface area contributed by atoms with Gasteiger partial charge in [-0.05, 0) is 135 Å². The van der Waals surface area contributed by atoms with Crippen molar-refractivity contribution in [1.82, 2.24) is 74.3 Å². The lowest BCUT2D eigenvalue weighted by Crippen LogP contribution is -2.43. The quantitative estimate of drug-likeness (QED) is 0.0116. The molecule has 51 heteroatoms. The summed E-state index contributed by atoms with van der Waals surface area (Å²) < 4.78 is 0. The molecule has 772 valence electrons. The van der Waals surface area contributed by atoms with Crippen LogP contribution in [0.15, 0.2) is 146 Å². The number of amides is 12. The number of Topliss-reactive ketones (excluding diaryl/α,β-unsaturated/α-hetero) is 4. The molecule has 4 rings (SSSR count). The molecule has 43 nitrogen and oxygen atoms in total. The maximum absolute atomic E-state index is 11.9. The number of halogens is 2. The predicted octanol–water partition coefficient (Wildman–Crippen LogP) is -0.400. The minimum absolute atomic E-state index is 0. The van der Waals surface area contributed by atoms with Crippen molar-refractivity contribution in [3.63, 3.8) is 0 Å². The third-order valence-electron chi connectivity index (χ3n) is 16.5. The van der Waals surface area contributed by atoms with Gasteiger partial charge in [-0.1, -0.05) is 188 Å². The van der Waals surface area contributed by atoms with E-state index in [1.54, 1.807) is 149 Å². The smallest absolute Gasteiger partial charge is 0.373 e. The number of rotatable bonds is 60. The minimum atomic E-state index is -1.20. The molecule has 0 bridgehead atoms. The highest BCUT2D eigenvalue weighted by atomic mass is 35.5. The Morgan fingerprint density at radius 3 is 0.736 bits per heavy atom. The predicted molar refractivity (Wildman–Crippen MR) is 544 cm³/mol. The monoisotopic (exact) mass is 2070 g/mol. The number of thioether (sulfide) groups is 4. The third kappa shape index (κ3) is 85.5. The lowest BCUT2D eigenvalue weighted by atomic mass is 9.89. The van der Waals surface area contributed by atoms with Crippen molar-refractivity contribution >= 4 is 211 Å². The average Bonchev–Trinajstić information content (AvgIpc) is 0.921. The molecule has 0 saturated carbocycles. The molecule has 140 heavy (non-hydrogen) atoms. The normalized spacial score (nSPS) is 9.79. The molecule has 0 atom stereocenters. The highest BCUT2D eigenvalue weighted by molar-refractivity contribution is 8.15. The lowest BCUT2D eigenvalue weighted by Gasteiger charge is -2.08. The van der Waals surface area contributed by atoms with Crippen LogP contribution in [0.3, 0.4) is 0 Å². The molecular weight excluding hydrogens is 1940 g/mol. The Labute approximate surface area is 843 Å². The summed E-state index contributed by atoms with van der Waals surface area (Å²) in [6.07, 6.45) is 8.09. The zero-order valence-electron chi connectivity index (χ0n) is 78.9. The maximum atomic E-state index is 11.9. The summed E-state index contributed by atoms with van der Waals surface area (Å²) >= 11 is 8.19. The van der Waals surface area contributed by atoms with Gasteiger partial charge in [0.05, 0.1) is 95.0 Å². The van der Waals surface area contributed by atoms with Crippen LogP contribution in [0.5, 0.6) is 0 Å². The number of carboxylic acids is 1. The second-order valence-corrected chi connectivity index (χ2v) is 33.1. The van der Waals surface area contributed by atoms with E-state index in [0.29, 0.717) is 104 Å². The number of allylic oxidation sites excluding steroid dienone is 2. The Hall–Kier alpha value is -11.7. The molecule has 0 unspecified atom stereocenters. The van der Waals surface area contributed by atoms with Gasteiger partial charge < -0.3 is 112 Å². The summed E-state index contributed by atoms with van der Waals surface area (Å²) in [4.78, 5) is 254. The summed E-state index contributed by atoms with van der Waals surface area (Å²) in [6.45, 7) is 13.9. The fourth-order valence-electron chi connectivity index (χ4n) is 9.07.